The molecule has 6 nitrogen and oxygen atoms in total. The van der Waals surface area contributed by atoms with Crippen molar-refractivity contribution in [3.63, 3.8) is 0 Å². The van der Waals surface area contributed by atoms with Crippen LogP contribution in [0.25, 0.3) is 0 Å². The Bertz CT molecular complexity index is 656. The summed E-state index contributed by atoms with van der Waals surface area (Å²) in [5, 5.41) is 10.8. The number of nitro benzene ring substituents is 1. The molecule has 0 aromatic heterocycles. The first kappa shape index (κ1) is 17.9. The van der Waals surface area contributed by atoms with Crippen LogP contribution in [0.5, 0.6) is 0 Å². The molecule has 0 heterocycles. The Kier molecular flexibility index (Phi) is 5.35. The van der Waals surface area contributed by atoms with Crippen LogP contribution >= 0.6 is 11.6 Å². The van der Waals surface area contributed by atoms with Gasteiger partial charge >= 0.3 is 0 Å². The lowest BCUT2D eigenvalue weighted by molar-refractivity contribution is -0.384. The van der Waals surface area contributed by atoms with Gasteiger partial charge in [0.05, 0.1) is 9.82 Å². The molecular weight excluding hydrogens is 316 g/mol. The van der Waals surface area contributed by atoms with Crippen LogP contribution in [0.2, 0.25) is 5.02 Å². The molecule has 1 rings (SSSR count). The molecule has 118 valence electrons. The minimum absolute atomic E-state index is 0.0784. The smallest absolute Gasteiger partial charge is 0.258 e. The molecule has 0 fully saturated rings. The van der Waals surface area contributed by atoms with Crippen molar-refractivity contribution in [2.24, 2.45) is 5.41 Å². The van der Waals surface area contributed by atoms with Crippen LogP contribution in [0.4, 0.5) is 5.69 Å². The number of nitro groups is 1. The van der Waals surface area contributed by atoms with Crippen molar-refractivity contribution in [1.29, 1.82) is 0 Å². The molecule has 0 aliphatic rings. The first-order valence-corrected chi connectivity index (χ1v) is 8.30. The predicted octanol–water partition coefficient (Wildman–Crippen LogP) is 3.27. The fourth-order valence-corrected chi connectivity index (χ4v) is 3.34. The van der Waals surface area contributed by atoms with Gasteiger partial charge in [-0.05, 0) is 30.4 Å². The summed E-state index contributed by atoms with van der Waals surface area (Å²) in [6, 6.07) is 2.29. The summed E-state index contributed by atoms with van der Waals surface area (Å²) in [5.74, 6) is 0. The van der Waals surface area contributed by atoms with Crippen LogP contribution in [0, 0.1) is 22.5 Å². The minimum atomic E-state index is -3.82. The molecule has 1 aromatic carbocycles. The Morgan fingerprint density at radius 1 is 1.38 bits per heavy atom. The number of hydrogen-bond acceptors (Lipinski definition) is 4. The molecule has 0 atom stereocenters. The highest BCUT2D eigenvalue weighted by atomic mass is 35.5. The average Bonchev–Trinajstić information content (AvgIpc) is 2.36. The Labute approximate surface area is 129 Å². The van der Waals surface area contributed by atoms with E-state index in [1.54, 1.807) is 6.92 Å². The van der Waals surface area contributed by atoms with Gasteiger partial charge in [0.15, 0.2) is 0 Å². The van der Waals surface area contributed by atoms with Crippen LogP contribution in [0.3, 0.4) is 0 Å². The maximum absolute atomic E-state index is 12.3. The number of sulfonamides is 1. The Morgan fingerprint density at radius 3 is 2.43 bits per heavy atom. The molecule has 1 aromatic rings. The van der Waals surface area contributed by atoms with Crippen molar-refractivity contribution in [2.45, 2.75) is 39.0 Å². The fraction of sp³-hybridized carbons (Fsp3) is 0.538. The number of nitrogens with zero attached hydrogens (tertiary/aromatic N) is 1. The van der Waals surface area contributed by atoms with Crippen LogP contribution < -0.4 is 4.72 Å². The van der Waals surface area contributed by atoms with Crippen molar-refractivity contribution >= 4 is 27.3 Å². The van der Waals surface area contributed by atoms with E-state index in [-0.39, 0.29) is 21.9 Å². The molecule has 0 saturated heterocycles. The zero-order chi connectivity index (χ0) is 16.4. The highest BCUT2D eigenvalue weighted by molar-refractivity contribution is 7.89. The summed E-state index contributed by atoms with van der Waals surface area (Å²) in [6.07, 6.45) is 0.801. The lowest BCUT2D eigenvalue weighted by atomic mass is 9.91. The summed E-state index contributed by atoms with van der Waals surface area (Å²) in [5.41, 5.74) is -0.246. The monoisotopic (exact) mass is 334 g/mol. The minimum Gasteiger partial charge on any atom is -0.258 e. The van der Waals surface area contributed by atoms with Crippen molar-refractivity contribution in [2.75, 3.05) is 6.54 Å². The number of halogens is 1. The number of benzene rings is 1. The van der Waals surface area contributed by atoms with E-state index in [0.717, 1.165) is 12.5 Å². The zero-order valence-electron chi connectivity index (χ0n) is 12.4. The molecular formula is C13H19ClN2O4S. The summed E-state index contributed by atoms with van der Waals surface area (Å²) < 4.78 is 27.1. The van der Waals surface area contributed by atoms with Gasteiger partial charge in [0.2, 0.25) is 10.0 Å². The van der Waals surface area contributed by atoms with Crippen molar-refractivity contribution in [3.8, 4) is 0 Å². The average molecular weight is 335 g/mol. The van der Waals surface area contributed by atoms with Gasteiger partial charge in [0.25, 0.3) is 5.69 Å². The number of nitrogens with one attached hydrogen (secondary N) is 1. The third-order valence-corrected chi connectivity index (χ3v) is 5.27. The van der Waals surface area contributed by atoms with E-state index in [1.807, 2.05) is 20.8 Å². The van der Waals surface area contributed by atoms with E-state index in [9.17, 15) is 18.5 Å². The third-order valence-electron chi connectivity index (χ3n) is 3.43. The summed E-state index contributed by atoms with van der Waals surface area (Å²) in [7, 11) is -3.82. The molecule has 0 aliphatic heterocycles. The Morgan fingerprint density at radius 2 is 1.95 bits per heavy atom. The summed E-state index contributed by atoms with van der Waals surface area (Å²) in [6.45, 7) is 7.64. The van der Waals surface area contributed by atoms with Crippen LogP contribution in [-0.4, -0.2) is 19.9 Å². The standard InChI is InChI=1S/C13H19ClN2O4S/c1-5-13(3,4)8-15-21(19,20)12-7-11(16(17)18)10(14)6-9(12)2/h6-7,15H,5,8H2,1-4H3. The number of rotatable bonds is 6. The van der Waals surface area contributed by atoms with E-state index >= 15 is 0 Å². The van der Waals surface area contributed by atoms with E-state index < -0.39 is 20.6 Å². The molecule has 0 bridgehead atoms. The molecule has 0 spiro atoms. The summed E-state index contributed by atoms with van der Waals surface area (Å²) >= 11 is 5.76. The van der Waals surface area contributed by atoms with Gasteiger partial charge in [-0.1, -0.05) is 32.4 Å². The van der Waals surface area contributed by atoms with Gasteiger partial charge in [-0.2, -0.15) is 0 Å². The predicted molar refractivity (Wildman–Crippen MR) is 82.1 cm³/mol. The summed E-state index contributed by atoms with van der Waals surface area (Å²) in [4.78, 5) is 10.1. The second kappa shape index (κ2) is 6.29. The first-order chi connectivity index (χ1) is 9.50. The quantitative estimate of drug-likeness (QED) is 0.638. The highest BCUT2D eigenvalue weighted by Crippen LogP contribution is 2.30. The van der Waals surface area contributed by atoms with E-state index in [4.69, 9.17) is 11.6 Å². The molecule has 0 aliphatic carbocycles. The van der Waals surface area contributed by atoms with Crippen LogP contribution in [0.1, 0.15) is 32.8 Å². The maximum atomic E-state index is 12.3. The molecule has 0 saturated carbocycles. The lowest BCUT2D eigenvalue weighted by Crippen LogP contribution is -2.34. The fourth-order valence-electron chi connectivity index (χ4n) is 1.56. The largest absolute Gasteiger partial charge is 0.289 e. The SMILES string of the molecule is CCC(C)(C)CNS(=O)(=O)c1cc([N+](=O)[O-])c(Cl)cc1C. The second-order valence-corrected chi connectivity index (χ2v) is 7.81. The molecule has 0 radical (unpaired) electrons. The molecule has 1 N–H and O–H groups in total. The highest BCUT2D eigenvalue weighted by Gasteiger charge is 2.25. The van der Waals surface area contributed by atoms with Crippen molar-refractivity contribution < 1.29 is 13.3 Å². The second-order valence-electron chi connectivity index (χ2n) is 5.67. The zero-order valence-corrected chi connectivity index (χ0v) is 14.0. The van der Waals surface area contributed by atoms with Gasteiger partial charge in [-0.25, -0.2) is 13.1 Å². The topological polar surface area (TPSA) is 89.3 Å². The van der Waals surface area contributed by atoms with Crippen LogP contribution in [0.15, 0.2) is 17.0 Å². The Balaban J connectivity index is 3.20. The number of aryl methyl sites for hydroxylation is 1. The van der Waals surface area contributed by atoms with Crippen molar-refractivity contribution in [1.82, 2.24) is 4.72 Å². The Hall–Kier alpha value is -1.18. The van der Waals surface area contributed by atoms with Gasteiger partial charge in [-0.3, -0.25) is 10.1 Å². The van der Waals surface area contributed by atoms with Crippen LogP contribution in [-0.2, 0) is 10.0 Å². The molecule has 21 heavy (non-hydrogen) atoms. The maximum Gasteiger partial charge on any atom is 0.289 e. The van der Waals surface area contributed by atoms with Gasteiger partial charge in [0.1, 0.15) is 5.02 Å². The first-order valence-electron chi connectivity index (χ1n) is 6.44. The van der Waals surface area contributed by atoms with Gasteiger partial charge in [-0.15, -0.1) is 0 Å². The van der Waals surface area contributed by atoms with E-state index in [0.29, 0.717) is 5.56 Å². The molecule has 0 amide bonds. The van der Waals surface area contributed by atoms with Gasteiger partial charge in [0, 0.05) is 12.6 Å². The lowest BCUT2D eigenvalue weighted by Gasteiger charge is -2.23. The molecule has 0 unspecified atom stereocenters. The number of hydrogen-bond donors (Lipinski definition) is 1. The van der Waals surface area contributed by atoms with Gasteiger partial charge < -0.3 is 0 Å². The van der Waals surface area contributed by atoms with E-state index in [1.165, 1.54) is 6.07 Å². The third kappa shape index (κ3) is 4.39. The van der Waals surface area contributed by atoms with Crippen molar-refractivity contribution in [3.05, 3.63) is 32.8 Å². The normalized spacial score (nSPS) is 12.4. The van der Waals surface area contributed by atoms with E-state index in [2.05, 4.69) is 4.72 Å². The molecule has 8 heteroatoms.